The molecule has 4 aliphatic carbocycles. The molecule has 1 nitrogen and oxygen atoms in total. The molecule has 4 bridgehead atoms. The maximum atomic E-state index is 7.58. The van der Waals surface area contributed by atoms with Gasteiger partial charge in [-0.3, -0.25) is 0 Å². The van der Waals surface area contributed by atoms with Crippen LogP contribution in [0.1, 0.15) is 48.8 Å². The summed E-state index contributed by atoms with van der Waals surface area (Å²) in [7, 11) is 0. The van der Waals surface area contributed by atoms with Crippen LogP contribution in [0.2, 0.25) is 0 Å². The predicted molar refractivity (Wildman–Crippen MR) is 140 cm³/mol. The van der Waals surface area contributed by atoms with E-state index in [4.69, 9.17) is 4.74 Å². The summed E-state index contributed by atoms with van der Waals surface area (Å²) in [5, 5.41) is 0. The van der Waals surface area contributed by atoms with Crippen molar-refractivity contribution in [1.82, 2.24) is 0 Å². The normalized spacial score (nSPS) is 28.9. The van der Waals surface area contributed by atoms with Crippen molar-refractivity contribution >= 4 is 17.7 Å². The van der Waals surface area contributed by atoms with Crippen molar-refractivity contribution in [3.8, 4) is 0 Å². The van der Waals surface area contributed by atoms with E-state index in [9.17, 15) is 0 Å². The third kappa shape index (κ3) is 3.93. The summed E-state index contributed by atoms with van der Waals surface area (Å²) in [5.41, 5.74) is 2.95. The van der Waals surface area contributed by atoms with E-state index in [1.54, 1.807) is 0 Å². The number of hydrogen-bond donors (Lipinski definition) is 0. The van der Waals surface area contributed by atoms with E-state index in [1.807, 2.05) is 0 Å². The summed E-state index contributed by atoms with van der Waals surface area (Å²) < 4.78 is 9.80. The van der Waals surface area contributed by atoms with Gasteiger partial charge in [-0.15, -0.1) is 0 Å². The van der Waals surface area contributed by atoms with E-state index in [0.717, 1.165) is 23.7 Å². The number of hydrogen-bond acceptors (Lipinski definition) is 1. The molecule has 0 N–H and O–H groups in total. The number of ether oxygens (including phenoxy) is 1. The second-order valence-corrected chi connectivity index (χ2v) is 10.9. The zero-order chi connectivity index (χ0) is 23.0. The van der Waals surface area contributed by atoms with Crippen LogP contribution in [0.3, 0.4) is 0 Å². The molecule has 34 heavy (non-hydrogen) atoms. The summed E-state index contributed by atoms with van der Waals surface area (Å²) in [4.78, 5) is 0. The fourth-order valence-corrected chi connectivity index (χ4v) is 7.87. The van der Waals surface area contributed by atoms with Gasteiger partial charge in [0, 0.05) is 0 Å². The first-order valence-corrected chi connectivity index (χ1v) is 13.2. The maximum absolute atomic E-state index is 7.58. The van der Waals surface area contributed by atoms with Crippen LogP contribution >= 0.6 is 0 Å². The second kappa shape index (κ2) is 9.54. The molecule has 0 amide bonds. The average Bonchev–Trinajstić information content (AvgIpc) is 2.88. The Morgan fingerprint density at radius 3 is 1.44 bits per heavy atom. The summed E-state index contributed by atoms with van der Waals surface area (Å²) in [6.45, 7) is 0. The van der Waals surface area contributed by atoms with Crippen LogP contribution in [-0.2, 0) is 10.3 Å². The minimum absolute atomic E-state index is 0.0978. The van der Waals surface area contributed by atoms with E-state index < -0.39 is 5.60 Å². The van der Waals surface area contributed by atoms with E-state index >= 15 is 0 Å². The van der Waals surface area contributed by atoms with E-state index in [2.05, 4.69) is 120 Å². The fourth-order valence-electron chi connectivity index (χ4n) is 7.87. The Hall–Kier alpha value is -2.04. The van der Waals surface area contributed by atoms with Gasteiger partial charge in [-0.05, 0) is 0 Å². The standard InChI is InChI=1S/C32H33O.Li/c1-2-30(31-25-19-23-18-24(21-25)22-26(31)20-23)33-32(27-12-6-3-7-13-27,28-14-8-4-9-15-28)29-16-10-5-11-17-29;/h1-17,23-26,30-31H,18-22H2;. The van der Waals surface area contributed by atoms with Gasteiger partial charge < -0.3 is 0 Å². The third-order valence-electron chi connectivity index (χ3n) is 8.91. The van der Waals surface area contributed by atoms with E-state index in [0.29, 0.717) is 5.92 Å². The van der Waals surface area contributed by atoms with Gasteiger partial charge in [0.25, 0.3) is 0 Å². The number of benzene rings is 3. The molecule has 2 heteroatoms. The van der Waals surface area contributed by atoms with Crippen LogP contribution < -0.4 is 0 Å². The average molecular weight is 441 g/mol. The monoisotopic (exact) mass is 440 g/mol. The SMILES string of the molecule is [Li]/[CH]=C/C(OC(c1ccccc1)(c1ccccc1)c1ccccc1)C1C2CC3CC(C2)CC1C3. The van der Waals surface area contributed by atoms with E-state index in [-0.39, 0.29) is 6.10 Å². The van der Waals surface area contributed by atoms with Crippen LogP contribution in [0.4, 0.5) is 0 Å². The molecule has 4 fully saturated rings. The summed E-state index contributed by atoms with van der Waals surface area (Å²) >= 11 is 2.15. The van der Waals surface area contributed by atoms with Gasteiger partial charge in [-0.1, -0.05) is 0 Å². The van der Waals surface area contributed by atoms with Crippen molar-refractivity contribution in [3.63, 3.8) is 0 Å². The second-order valence-electron chi connectivity index (χ2n) is 10.9. The molecule has 1 unspecified atom stereocenters. The van der Waals surface area contributed by atoms with Crippen molar-refractivity contribution in [3.05, 3.63) is 119 Å². The number of rotatable bonds is 7. The molecule has 4 saturated carbocycles. The van der Waals surface area contributed by atoms with Crippen LogP contribution in [0.15, 0.2) is 102 Å². The van der Waals surface area contributed by atoms with Crippen LogP contribution in [-0.4, -0.2) is 23.8 Å². The summed E-state index contributed by atoms with van der Waals surface area (Å²) in [6.07, 6.45) is 9.58. The van der Waals surface area contributed by atoms with Crippen molar-refractivity contribution in [1.29, 1.82) is 0 Å². The van der Waals surface area contributed by atoms with Gasteiger partial charge in [-0.25, -0.2) is 0 Å². The molecule has 0 saturated heterocycles. The molecule has 4 aliphatic rings. The van der Waals surface area contributed by atoms with Crippen molar-refractivity contribution in [2.75, 3.05) is 0 Å². The van der Waals surface area contributed by atoms with E-state index in [1.165, 1.54) is 48.8 Å². The van der Waals surface area contributed by atoms with Gasteiger partial charge in [0.2, 0.25) is 0 Å². The molecule has 168 valence electrons. The molecule has 3 aromatic carbocycles. The molecule has 7 rings (SSSR count). The molecule has 3 aromatic rings. The van der Waals surface area contributed by atoms with Crippen LogP contribution in [0, 0.1) is 29.6 Å². The Balaban J connectivity index is 1.50. The Kier molecular flexibility index (Phi) is 6.29. The third-order valence-corrected chi connectivity index (χ3v) is 8.91. The molecule has 0 radical (unpaired) electrons. The zero-order valence-electron chi connectivity index (χ0n) is 20.2. The molecule has 0 spiro atoms. The Labute approximate surface area is 213 Å². The summed E-state index contributed by atoms with van der Waals surface area (Å²) in [5.74, 6) is 4.15. The first-order valence-electron chi connectivity index (χ1n) is 13.2. The van der Waals surface area contributed by atoms with Crippen molar-refractivity contribution in [2.24, 2.45) is 29.6 Å². The quantitative estimate of drug-likeness (QED) is 0.281. The van der Waals surface area contributed by atoms with Gasteiger partial charge in [-0.2, -0.15) is 0 Å². The Morgan fingerprint density at radius 2 is 1.06 bits per heavy atom. The van der Waals surface area contributed by atoms with Gasteiger partial charge in [0.15, 0.2) is 0 Å². The Bertz CT molecular complexity index is 983. The molecular formula is C32H33LiO. The van der Waals surface area contributed by atoms with Crippen LogP contribution in [0.5, 0.6) is 0 Å². The zero-order valence-corrected chi connectivity index (χ0v) is 20.2. The van der Waals surface area contributed by atoms with Gasteiger partial charge >= 0.3 is 214 Å². The minimum atomic E-state index is -0.650. The fraction of sp³-hybridized carbons (Fsp3) is 0.375. The van der Waals surface area contributed by atoms with Crippen molar-refractivity contribution < 1.29 is 4.74 Å². The molecule has 1 atom stereocenters. The Morgan fingerprint density at radius 1 is 0.647 bits per heavy atom. The first kappa shape index (κ1) is 22.4. The molecule has 0 aliphatic heterocycles. The summed E-state index contributed by atoms with van der Waals surface area (Å²) in [6, 6.07) is 32.6. The molecule has 0 aromatic heterocycles. The predicted octanol–water partition coefficient (Wildman–Crippen LogP) is 7.12. The topological polar surface area (TPSA) is 9.23 Å². The van der Waals surface area contributed by atoms with Gasteiger partial charge in [0.05, 0.1) is 0 Å². The van der Waals surface area contributed by atoms with Gasteiger partial charge in [0.1, 0.15) is 0 Å². The molecule has 0 heterocycles. The van der Waals surface area contributed by atoms with Crippen LogP contribution in [0.25, 0.3) is 0 Å². The first-order chi connectivity index (χ1) is 16.8. The van der Waals surface area contributed by atoms with Crippen molar-refractivity contribution in [2.45, 2.75) is 43.8 Å². The molecular weight excluding hydrogens is 407 g/mol.